The van der Waals surface area contributed by atoms with Crippen LogP contribution in [0.2, 0.25) is 0 Å². The van der Waals surface area contributed by atoms with Crippen LogP contribution in [0.25, 0.3) is 0 Å². The smallest absolute Gasteiger partial charge is 0.341 e. The number of aryl methyl sites for hydroxylation is 1. The van der Waals surface area contributed by atoms with Crippen LogP contribution in [0.15, 0.2) is 18.2 Å². The van der Waals surface area contributed by atoms with Gasteiger partial charge in [0.05, 0.1) is 44.1 Å². The van der Waals surface area contributed by atoms with Gasteiger partial charge in [-0.1, -0.05) is 0 Å². The van der Waals surface area contributed by atoms with E-state index in [2.05, 4.69) is 10.6 Å². The van der Waals surface area contributed by atoms with Gasteiger partial charge in [-0.25, -0.2) is 14.4 Å². The maximum Gasteiger partial charge on any atom is 0.341 e. The van der Waals surface area contributed by atoms with Gasteiger partial charge in [0.1, 0.15) is 5.00 Å². The SMILES string of the molecule is CCOC(=O)c1c(NC(=O)CNc2cc(C(=O)OC)cc(C(=O)OC)c2)sc2c1CCC2. The maximum atomic E-state index is 12.6. The van der Waals surface area contributed by atoms with Crippen molar-refractivity contribution in [2.24, 2.45) is 0 Å². The Morgan fingerprint density at radius 1 is 0.969 bits per heavy atom. The van der Waals surface area contributed by atoms with Crippen molar-refractivity contribution >= 4 is 45.8 Å². The van der Waals surface area contributed by atoms with Gasteiger partial charge in [-0.2, -0.15) is 0 Å². The molecular weight excluding hydrogens is 436 g/mol. The third-order valence-electron chi connectivity index (χ3n) is 4.88. The molecule has 1 aromatic carbocycles. The van der Waals surface area contributed by atoms with Crippen molar-refractivity contribution in [1.29, 1.82) is 0 Å². The van der Waals surface area contributed by atoms with Gasteiger partial charge in [0.2, 0.25) is 5.91 Å². The first-order chi connectivity index (χ1) is 15.4. The van der Waals surface area contributed by atoms with Crippen LogP contribution in [0.4, 0.5) is 10.7 Å². The Morgan fingerprint density at radius 2 is 1.62 bits per heavy atom. The van der Waals surface area contributed by atoms with E-state index in [0.717, 1.165) is 29.7 Å². The number of ether oxygens (including phenoxy) is 3. The van der Waals surface area contributed by atoms with E-state index in [4.69, 9.17) is 14.2 Å². The lowest BCUT2D eigenvalue weighted by molar-refractivity contribution is -0.114. The molecule has 1 aliphatic rings. The summed E-state index contributed by atoms with van der Waals surface area (Å²) in [7, 11) is 2.46. The lowest BCUT2D eigenvalue weighted by Gasteiger charge is -2.11. The molecule has 2 aromatic rings. The summed E-state index contributed by atoms with van der Waals surface area (Å²) in [6, 6.07) is 4.28. The molecule has 0 unspecified atom stereocenters. The van der Waals surface area contributed by atoms with Crippen LogP contribution in [0.5, 0.6) is 0 Å². The van der Waals surface area contributed by atoms with Crippen molar-refractivity contribution in [3.8, 4) is 0 Å². The molecule has 9 nitrogen and oxygen atoms in total. The Bertz CT molecular complexity index is 1030. The zero-order valence-electron chi connectivity index (χ0n) is 18.0. The van der Waals surface area contributed by atoms with Crippen molar-refractivity contribution in [3.63, 3.8) is 0 Å². The zero-order chi connectivity index (χ0) is 23.3. The average Bonchev–Trinajstić information content (AvgIpc) is 3.37. The van der Waals surface area contributed by atoms with Crippen LogP contribution in [0.1, 0.15) is 54.9 Å². The fourth-order valence-electron chi connectivity index (χ4n) is 3.47. The summed E-state index contributed by atoms with van der Waals surface area (Å²) in [5, 5.41) is 6.14. The number of nitrogens with one attached hydrogen (secondary N) is 2. The van der Waals surface area contributed by atoms with E-state index in [0.29, 0.717) is 16.3 Å². The minimum Gasteiger partial charge on any atom is -0.465 e. The molecule has 1 aromatic heterocycles. The van der Waals surface area contributed by atoms with Crippen molar-refractivity contribution in [3.05, 3.63) is 45.3 Å². The minimum atomic E-state index is -0.629. The minimum absolute atomic E-state index is 0.137. The lowest BCUT2D eigenvalue weighted by Crippen LogP contribution is -2.23. The molecule has 32 heavy (non-hydrogen) atoms. The Hall–Kier alpha value is -3.40. The molecule has 0 aliphatic heterocycles. The summed E-state index contributed by atoms with van der Waals surface area (Å²) in [5.74, 6) is -2.09. The molecule has 0 fully saturated rings. The normalized spacial score (nSPS) is 12.0. The molecule has 1 amide bonds. The number of methoxy groups -OCH3 is 2. The van der Waals surface area contributed by atoms with Crippen LogP contribution in [0.3, 0.4) is 0 Å². The molecule has 3 rings (SSSR count). The summed E-state index contributed by atoms with van der Waals surface area (Å²) in [4.78, 5) is 49.9. The van der Waals surface area contributed by atoms with Crippen LogP contribution in [0, 0.1) is 0 Å². The van der Waals surface area contributed by atoms with Gasteiger partial charge >= 0.3 is 17.9 Å². The highest BCUT2D eigenvalue weighted by Gasteiger charge is 2.28. The fourth-order valence-corrected chi connectivity index (χ4v) is 4.76. The molecule has 2 N–H and O–H groups in total. The summed E-state index contributed by atoms with van der Waals surface area (Å²) < 4.78 is 14.6. The number of amides is 1. The van der Waals surface area contributed by atoms with Crippen molar-refractivity contribution in [2.45, 2.75) is 26.2 Å². The first-order valence-electron chi connectivity index (χ1n) is 10.0. The largest absolute Gasteiger partial charge is 0.465 e. The number of benzene rings is 1. The third-order valence-corrected chi connectivity index (χ3v) is 6.09. The molecule has 0 radical (unpaired) electrons. The number of hydrogen-bond donors (Lipinski definition) is 2. The lowest BCUT2D eigenvalue weighted by atomic mass is 10.1. The third kappa shape index (κ3) is 5.08. The predicted molar refractivity (Wildman–Crippen MR) is 119 cm³/mol. The monoisotopic (exact) mass is 460 g/mol. The van der Waals surface area contributed by atoms with Crippen molar-refractivity contribution < 1.29 is 33.4 Å². The van der Waals surface area contributed by atoms with Crippen LogP contribution < -0.4 is 10.6 Å². The number of anilines is 2. The summed E-state index contributed by atoms with van der Waals surface area (Å²) in [6.07, 6.45) is 2.63. The molecule has 0 saturated heterocycles. The highest BCUT2D eigenvalue weighted by molar-refractivity contribution is 7.17. The van der Waals surface area contributed by atoms with Gasteiger partial charge in [0.25, 0.3) is 0 Å². The molecule has 1 aliphatic carbocycles. The van der Waals surface area contributed by atoms with Crippen LogP contribution >= 0.6 is 11.3 Å². The molecule has 0 atom stereocenters. The van der Waals surface area contributed by atoms with E-state index in [-0.39, 0.29) is 24.3 Å². The number of thiophene rings is 1. The second-order valence-electron chi connectivity index (χ2n) is 6.97. The van der Waals surface area contributed by atoms with E-state index in [9.17, 15) is 19.2 Å². The molecule has 10 heteroatoms. The van der Waals surface area contributed by atoms with Gasteiger partial charge < -0.3 is 24.8 Å². The maximum absolute atomic E-state index is 12.6. The van der Waals surface area contributed by atoms with Crippen LogP contribution in [-0.4, -0.2) is 51.2 Å². The standard InChI is InChI=1S/C22H24N2O7S/c1-4-31-22(28)18-15-6-5-7-16(15)32-19(18)24-17(25)11-23-14-9-12(20(26)29-2)8-13(10-14)21(27)30-3/h8-10,23H,4-7,11H2,1-3H3,(H,24,25). The molecular formula is C22H24N2O7S. The molecule has 0 bridgehead atoms. The average molecular weight is 461 g/mol. The molecule has 0 saturated carbocycles. The molecule has 1 heterocycles. The quantitative estimate of drug-likeness (QED) is 0.456. The number of carbonyl (C=O) groups is 4. The zero-order valence-corrected chi connectivity index (χ0v) is 18.9. The number of carbonyl (C=O) groups excluding carboxylic acids is 4. The van der Waals surface area contributed by atoms with Gasteiger partial charge in [-0.05, 0) is 49.9 Å². The van der Waals surface area contributed by atoms with E-state index < -0.39 is 23.8 Å². The summed E-state index contributed by atoms with van der Waals surface area (Å²) in [5.41, 5.74) is 2.02. The Labute approximate surface area is 189 Å². The second-order valence-corrected chi connectivity index (χ2v) is 8.07. The van der Waals surface area contributed by atoms with Crippen molar-refractivity contribution in [2.75, 3.05) is 38.0 Å². The van der Waals surface area contributed by atoms with Gasteiger partial charge in [-0.3, -0.25) is 4.79 Å². The fraction of sp³-hybridized carbons (Fsp3) is 0.364. The molecule has 0 spiro atoms. The van der Waals surface area contributed by atoms with Crippen molar-refractivity contribution in [1.82, 2.24) is 0 Å². The Morgan fingerprint density at radius 3 is 2.22 bits per heavy atom. The number of hydrogen-bond acceptors (Lipinski definition) is 9. The highest BCUT2D eigenvalue weighted by atomic mass is 32.1. The Balaban J connectivity index is 1.75. The Kier molecular flexibility index (Phi) is 7.47. The first-order valence-corrected chi connectivity index (χ1v) is 10.9. The van der Waals surface area contributed by atoms with Crippen LogP contribution in [-0.2, 0) is 31.8 Å². The molecule has 170 valence electrons. The topological polar surface area (TPSA) is 120 Å². The van der Waals surface area contributed by atoms with E-state index >= 15 is 0 Å². The second kappa shape index (κ2) is 10.3. The predicted octanol–water partition coefficient (Wildman–Crippen LogP) is 3.04. The summed E-state index contributed by atoms with van der Waals surface area (Å²) in [6.45, 7) is 1.82. The number of rotatable bonds is 8. The summed E-state index contributed by atoms with van der Waals surface area (Å²) >= 11 is 1.39. The van der Waals surface area contributed by atoms with E-state index in [1.165, 1.54) is 43.8 Å². The van der Waals surface area contributed by atoms with E-state index in [1.807, 2.05) is 0 Å². The highest BCUT2D eigenvalue weighted by Crippen LogP contribution is 2.39. The van der Waals surface area contributed by atoms with Gasteiger partial charge in [0, 0.05) is 10.6 Å². The first kappa shape index (κ1) is 23.3. The van der Waals surface area contributed by atoms with E-state index in [1.54, 1.807) is 6.92 Å². The number of fused-ring (bicyclic) bond motifs is 1. The van der Waals surface area contributed by atoms with Gasteiger partial charge in [0.15, 0.2) is 0 Å². The van der Waals surface area contributed by atoms with Gasteiger partial charge in [-0.15, -0.1) is 11.3 Å². The number of esters is 3.